The van der Waals surface area contributed by atoms with Crippen LogP contribution in [0, 0.1) is 0 Å². The Morgan fingerprint density at radius 2 is 1.90 bits per heavy atom. The van der Waals surface area contributed by atoms with Crippen molar-refractivity contribution in [3.05, 3.63) is 72.4 Å². The van der Waals surface area contributed by atoms with Crippen LogP contribution in [-0.4, -0.2) is 72.4 Å². The Labute approximate surface area is 230 Å². The Morgan fingerprint density at radius 3 is 2.50 bits per heavy atom. The molecule has 1 aliphatic rings. The molecule has 1 aliphatic carbocycles. The molecule has 3 aromatic rings. The van der Waals surface area contributed by atoms with Crippen molar-refractivity contribution >= 4 is 22.1 Å². The molecule has 14 heteroatoms. The minimum absolute atomic E-state index is 0.0248. The fourth-order valence-corrected chi connectivity index (χ4v) is 5.89. The molecule has 0 aliphatic heterocycles. The van der Waals surface area contributed by atoms with E-state index in [1.165, 1.54) is 36.9 Å². The SMILES string of the molecule is CN(C)[C@H]1C[C@@H](c2cccc(OC(F)(F)F)c2)CC[C@@H]1Nc1ccc(S(=O)(=O)Cc2ccncn2)cn1.O=CO. The van der Waals surface area contributed by atoms with E-state index < -0.39 is 16.2 Å². The molecule has 2 heterocycles. The Bertz CT molecular complexity index is 1340. The molecule has 1 fully saturated rings. The summed E-state index contributed by atoms with van der Waals surface area (Å²) in [6.45, 7) is -0.250. The zero-order valence-corrected chi connectivity index (χ0v) is 22.6. The molecular formula is C26H30F3N5O5S. The van der Waals surface area contributed by atoms with E-state index in [4.69, 9.17) is 9.90 Å². The second kappa shape index (κ2) is 13.5. The molecule has 0 amide bonds. The number of alkyl halides is 3. The van der Waals surface area contributed by atoms with Gasteiger partial charge in [-0.1, -0.05) is 12.1 Å². The van der Waals surface area contributed by atoms with E-state index >= 15 is 0 Å². The summed E-state index contributed by atoms with van der Waals surface area (Å²) in [5.41, 5.74) is 1.21. The number of sulfone groups is 1. The Hall–Kier alpha value is -3.78. The number of rotatable bonds is 8. The molecule has 216 valence electrons. The Balaban J connectivity index is 0.00000141. The first-order valence-corrected chi connectivity index (χ1v) is 13.9. The van der Waals surface area contributed by atoms with Gasteiger partial charge in [0.15, 0.2) is 9.84 Å². The van der Waals surface area contributed by atoms with Gasteiger partial charge in [0.05, 0.1) is 16.3 Å². The van der Waals surface area contributed by atoms with Crippen LogP contribution in [0.2, 0.25) is 0 Å². The van der Waals surface area contributed by atoms with Crippen molar-refractivity contribution in [1.82, 2.24) is 19.9 Å². The number of nitrogens with zero attached hydrogens (tertiary/aromatic N) is 4. The molecule has 0 saturated heterocycles. The van der Waals surface area contributed by atoms with Crippen LogP contribution in [0.3, 0.4) is 0 Å². The van der Waals surface area contributed by atoms with E-state index in [0.29, 0.717) is 11.5 Å². The zero-order valence-electron chi connectivity index (χ0n) is 21.8. The van der Waals surface area contributed by atoms with Gasteiger partial charge in [-0.3, -0.25) is 4.79 Å². The predicted octanol–water partition coefficient (Wildman–Crippen LogP) is 4.12. The van der Waals surface area contributed by atoms with E-state index in [0.717, 1.165) is 24.8 Å². The molecule has 10 nitrogen and oxygen atoms in total. The average molecular weight is 582 g/mol. The normalized spacial score (nSPS) is 19.3. The van der Waals surface area contributed by atoms with Crippen molar-refractivity contribution in [2.75, 3.05) is 19.4 Å². The Morgan fingerprint density at radius 1 is 1.15 bits per heavy atom. The quantitative estimate of drug-likeness (QED) is 0.374. The lowest BCUT2D eigenvalue weighted by Crippen LogP contribution is -2.47. The largest absolute Gasteiger partial charge is 0.573 e. The van der Waals surface area contributed by atoms with E-state index in [-0.39, 0.29) is 40.9 Å². The maximum Gasteiger partial charge on any atom is 0.573 e. The molecule has 40 heavy (non-hydrogen) atoms. The topological polar surface area (TPSA) is 135 Å². The fraction of sp³-hybridized carbons (Fsp3) is 0.385. The highest BCUT2D eigenvalue weighted by Gasteiger charge is 2.34. The maximum absolute atomic E-state index is 12.7. The number of carboxylic acid groups (broad SMARTS) is 1. The summed E-state index contributed by atoms with van der Waals surface area (Å²) >= 11 is 0. The number of ether oxygens (including phenoxy) is 1. The molecule has 0 unspecified atom stereocenters. The van der Waals surface area contributed by atoms with Crippen molar-refractivity contribution in [3.8, 4) is 5.75 Å². The second-order valence-corrected chi connectivity index (χ2v) is 11.3. The minimum atomic E-state index is -4.73. The molecule has 2 N–H and O–H groups in total. The highest BCUT2D eigenvalue weighted by atomic mass is 32.2. The summed E-state index contributed by atoms with van der Waals surface area (Å²) in [5.74, 6) is 0.165. The summed E-state index contributed by atoms with van der Waals surface area (Å²) in [6, 6.07) is 11.0. The summed E-state index contributed by atoms with van der Waals surface area (Å²) in [5, 5.41) is 10.3. The highest BCUT2D eigenvalue weighted by Crippen LogP contribution is 2.37. The van der Waals surface area contributed by atoms with Crippen LogP contribution in [-0.2, 0) is 20.4 Å². The molecule has 4 rings (SSSR count). The summed E-state index contributed by atoms with van der Waals surface area (Å²) in [7, 11) is 0.309. The van der Waals surface area contributed by atoms with Gasteiger partial charge in [-0.25, -0.2) is 23.4 Å². The molecule has 3 atom stereocenters. The lowest BCUT2D eigenvalue weighted by atomic mass is 9.78. The number of hydrogen-bond donors (Lipinski definition) is 2. The third-order valence-electron chi connectivity index (χ3n) is 6.45. The number of nitrogens with one attached hydrogen (secondary N) is 1. The third kappa shape index (κ3) is 8.88. The second-order valence-electron chi connectivity index (χ2n) is 9.36. The van der Waals surface area contributed by atoms with Gasteiger partial charge in [0.1, 0.15) is 17.9 Å². The van der Waals surface area contributed by atoms with Crippen LogP contribution in [0.25, 0.3) is 0 Å². The van der Waals surface area contributed by atoms with Gasteiger partial charge in [-0.2, -0.15) is 0 Å². The number of aromatic nitrogens is 3. The number of benzene rings is 1. The van der Waals surface area contributed by atoms with Crippen molar-refractivity contribution < 1.29 is 36.2 Å². The summed E-state index contributed by atoms with van der Waals surface area (Å²) < 4.78 is 67.5. The van der Waals surface area contributed by atoms with Crippen molar-refractivity contribution in [3.63, 3.8) is 0 Å². The van der Waals surface area contributed by atoms with Crippen LogP contribution in [0.5, 0.6) is 5.75 Å². The zero-order chi connectivity index (χ0) is 29.3. The van der Waals surface area contributed by atoms with Crippen molar-refractivity contribution in [1.29, 1.82) is 0 Å². The first-order valence-electron chi connectivity index (χ1n) is 12.2. The van der Waals surface area contributed by atoms with Gasteiger partial charge in [0.25, 0.3) is 6.47 Å². The molecule has 0 spiro atoms. The van der Waals surface area contributed by atoms with Crippen molar-refractivity contribution in [2.45, 2.75) is 54.3 Å². The van der Waals surface area contributed by atoms with Gasteiger partial charge < -0.3 is 20.1 Å². The van der Waals surface area contributed by atoms with Gasteiger partial charge >= 0.3 is 6.36 Å². The molecule has 0 radical (unpaired) electrons. The summed E-state index contributed by atoms with van der Waals surface area (Å²) in [6.07, 6.45) is 1.65. The first-order chi connectivity index (χ1) is 18.9. The van der Waals surface area contributed by atoms with Crippen molar-refractivity contribution in [2.24, 2.45) is 0 Å². The summed E-state index contributed by atoms with van der Waals surface area (Å²) in [4.78, 5) is 22.6. The van der Waals surface area contributed by atoms with E-state index in [9.17, 15) is 21.6 Å². The lowest BCUT2D eigenvalue weighted by molar-refractivity contribution is -0.274. The molecular weight excluding hydrogens is 551 g/mol. The van der Waals surface area contributed by atoms with E-state index in [2.05, 4.69) is 29.9 Å². The Kier molecular flexibility index (Phi) is 10.4. The predicted molar refractivity (Wildman–Crippen MR) is 140 cm³/mol. The number of carbonyl (C=O) groups is 1. The van der Waals surface area contributed by atoms with Gasteiger partial charge in [0, 0.05) is 24.5 Å². The lowest BCUT2D eigenvalue weighted by Gasteiger charge is -2.40. The minimum Gasteiger partial charge on any atom is -0.483 e. The van der Waals surface area contributed by atoms with Crippen LogP contribution in [0.1, 0.15) is 36.4 Å². The van der Waals surface area contributed by atoms with Crippen LogP contribution < -0.4 is 10.1 Å². The van der Waals surface area contributed by atoms with E-state index in [1.54, 1.807) is 18.2 Å². The van der Waals surface area contributed by atoms with E-state index in [1.807, 2.05) is 20.2 Å². The monoisotopic (exact) mass is 581 g/mol. The number of hydrogen-bond acceptors (Lipinski definition) is 9. The van der Waals surface area contributed by atoms with Crippen LogP contribution in [0.4, 0.5) is 19.0 Å². The molecule has 2 aromatic heterocycles. The maximum atomic E-state index is 12.7. The number of halogens is 3. The standard InChI is InChI=1S/C25H28F3N5O3S.CH2O2/c1-33(2)23-13-18(17-4-3-5-20(12-17)36-25(26,27)28)6-8-22(23)32-24-9-7-21(14-30-24)37(34,35)15-19-10-11-29-16-31-19;2-1-3/h3-5,7,9-12,14,16,18,22-23H,6,8,13,15H2,1-2H3,(H,30,32);1H,(H,2,3)/t18-,22-,23-;/m0./s1. The van der Waals surface area contributed by atoms with Crippen LogP contribution >= 0.6 is 0 Å². The average Bonchev–Trinajstić information content (AvgIpc) is 2.89. The number of likely N-dealkylation sites (N-methyl/N-ethyl adjacent to an activating group) is 1. The highest BCUT2D eigenvalue weighted by molar-refractivity contribution is 7.90. The molecule has 1 saturated carbocycles. The molecule has 1 aromatic carbocycles. The number of pyridine rings is 1. The first kappa shape index (κ1) is 30.8. The smallest absolute Gasteiger partial charge is 0.483 e. The van der Waals surface area contributed by atoms with Gasteiger partial charge in [-0.15, -0.1) is 13.2 Å². The fourth-order valence-electron chi connectivity index (χ4n) is 4.68. The van der Waals surface area contributed by atoms with Gasteiger partial charge in [0.2, 0.25) is 0 Å². The van der Waals surface area contributed by atoms with Gasteiger partial charge in [-0.05, 0) is 75.2 Å². The van der Waals surface area contributed by atoms with Crippen LogP contribution in [0.15, 0.2) is 66.1 Å². The number of anilines is 1. The molecule has 0 bridgehead atoms. The third-order valence-corrected chi connectivity index (χ3v) is 8.09.